The quantitative estimate of drug-likeness (QED) is 0.582. The molecule has 0 atom stereocenters. The molecule has 170 valence electrons. The summed E-state index contributed by atoms with van der Waals surface area (Å²) in [5.41, 5.74) is 4.01. The molecular weight excluding hydrogens is 428 g/mol. The molecule has 0 spiro atoms. The second-order valence-corrected chi connectivity index (χ2v) is 9.91. The van der Waals surface area contributed by atoms with Gasteiger partial charge in [-0.3, -0.25) is 0 Å². The summed E-state index contributed by atoms with van der Waals surface area (Å²) in [6, 6.07) is 8.99. The van der Waals surface area contributed by atoms with Gasteiger partial charge < -0.3 is 9.64 Å². The van der Waals surface area contributed by atoms with Crippen LogP contribution in [0.15, 0.2) is 35.2 Å². The fourth-order valence-electron chi connectivity index (χ4n) is 3.83. The van der Waals surface area contributed by atoms with Gasteiger partial charge in [-0.2, -0.15) is 9.40 Å². The predicted octanol–water partition coefficient (Wildman–Crippen LogP) is 2.42. The molecule has 1 saturated heterocycles. The zero-order valence-corrected chi connectivity index (χ0v) is 19.8. The molecule has 0 amide bonds. The van der Waals surface area contributed by atoms with Gasteiger partial charge in [-0.25, -0.2) is 13.1 Å². The van der Waals surface area contributed by atoms with Crippen LogP contribution in [0.2, 0.25) is 0 Å². The van der Waals surface area contributed by atoms with Crippen LogP contribution in [-0.2, 0) is 10.0 Å². The lowest BCUT2D eigenvalue weighted by Gasteiger charge is -2.34. The first-order chi connectivity index (χ1) is 15.2. The summed E-state index contributed by atoms with van der Waals surface area (Å²) >= 11 is 0. The SMILES string of the molecule is COc1ccc(C)cc1S(=O)(=O)N1CCN(c2ccc(-n3nc(C)c(C)c3C)nn2)CC1. The van der Waals surface area contributed by atoms with Crippen molar-refractivity contribution in [2.45, 2.75) is 32.6 Å². The predicted molar refractivity (Wildman–Crippen MR) is 122 cm³/mol. The number of anilines is 1. The standard InChI is InChI=1S/C22H28N6O3S/c1-15-6-7-19(31-5)20(14-15)32(29,30)27-12-10-26(11-13-27)21-8-9-22(24-23-21)28-18(4)16(2)17(3)25-28/h6-9,14H,10-13H2,1-5H3. The van der Waals surface area contributed by atoms with Crippen LogP contribution in [0, 0.1) is 27.7 Å². The Morgan fingerprint density at radius 2 is 1.56 bits per heavy atom. The average Bonchev–Trinajstić information content (AvgIpc) is 3.06. The lowest BCUT2D eigenvalue weighted by atomic mass is 10.2. The molecule has 0 N–H and O–H groups in total. The number of piperazine rings is 1. The molecule has 0 unspecified atom stereocenters. The summed E-state index contributed by atoms with van der Waals surface area (Å²) in [6.07, 6.45) is 0. The second kappa shape index (κ2) is 8.51. The lowest BCUT2D eigenvalue weighted by molar-refractivity contribution is 0.373. The van der Waals surface area contributed by atoms with Crippen molar-refractivity contribution in [2.24, 2.45) is 0 Å². The number of nitrogens with zero attached hydrogens (tertiary/aromatic N) is 6. The van der Waals surface area contributed by atoms with Crippen LogP contribution < -0.4 is 9.64 Å². The van der Waals surface area contributed by atoms with Crippen molar-refractivity contribution in [2.75, 3.05) is 38.2 Å². The Bertz CT molecular complexity index is 1230. The zero-order chi connectivity index (χ0) is 23.0. The van der Waals surface area contributed by atoms with E-state index in [0.29, 0.717) is 37.7 Å². The van der Waals surface area contributed by atoms with E-state index in [9.17, 15) is 8.42 Å². The number of methoxy groups -OCH3 is 1. The summed E-state index contributed by atoms with van der Waals surface area (Å²) in [4.78, 5) is 2.25. The van der Waals surface area contributed by atoms with Gasteiger partial charge in [-0.05, 0) is 63.1 Å². The second-order valence-electron chi connectivity index (χ2n) is 8.00. The molecule has 3 heterocycles. The van der Waals surface area contributed by atoms with Gasteiger partial charge in [0.25, 0.3) is 0 Å². The van der Waals surface area contributed by atoms with Gasteiger partial charge in [0.05, 0.1) is 12.8 Å². The number of sulfonamides is 1. The van der Waals surface area contributed by atoms with Crippen molar-refractivity contribution in [3.05, 3.63) is 52.8 Å². The van der Waals surface area contributed by atoms with Crippen molar-refractivity contribution >= 4 is 15.8 Å². The van der Waals surface area contributed by atoms with Crippen LogP contribution >= 0.6 is 0 Å². The molecule has 10 heteroatoms. The third kappa shape index (κ3) is 3.95. The third-order valence-electron chi connectivity index (χ3n) is 6.01. The molecule has 0 bridgehead atoms. The van der Waals surface area contributed by atoms with Gasteiger partial charge in [-0.15, -0.1) is 10.2 Å². The average molecular weight is 457 g/mol. The fraction of sp³-hybridized carbons (Fsp3) is 0.409. The van der Waals surface area contributed by atoms with Crippen molar-refractivity contribution in [1.82, 2.24) is 24.3 Å². The molecule has 1 fully saturated rings. The molecule has 32 heavy (non-hydrogen) atoms. The van der Waals surface area contributed by atoms with E-state index in [0.717, 1.165) is 28.3 Å². The Morgan fingerprint density at radius 1 is 0.906 bits per heavy atom. The molecule has 2 aromatic heterocycles. The first kappa shape index (κ1) is 22.2. The van der Waals surface area contributed by atoms with E-state index in [1.54, 1.807) is 16.8 Å². The summed E-state index contributed by atoms with van der Waals surface area (Å²) in [5.74, 6) is 1.74. The fourth-order valence-corrected chi connectivity index (χ4v) is 5.49. The molecule has 1 aromatic carbocycles. The number of aryl methyl sites for hydroxylation is 2. The highest BCUT2D eigenvalue weighted by atomic mass is 32.2. The normalized spacial score (nSPS) is 15.2. The van der Waals surface area contributed by atoms with E-state index in [1.165, 1.54) is 11.4 Å². The minimum Gasteiger partial charge on any atom is -0.495 e. The maximum atomic E-state index is 13.2. The molecule has 1 aliphatic rings. The molecule has 1 aliphatic heterocycles. The first-order valence-electron chi connectivity index (χ1n) is 10.5. The van der Waals surface area contributed by atoms with Crippen LogP contribution in [0.4, 0.5) is 5.82 Å². The van der Waals surface area contributed by atoms with Gasteiger partial charge >= 0.3 is 0 Å². The van der Waals surface area contributed by atoms with Crippen molar-refractivity contribution < 1.29 is 13.2 Å². The maximum absolute atomic E-state index is 13.2. The summed E-state index contributed by atoms with van der Waals surface area (Å²) < 4.78 is 35.0. The number of aromatic nitrogens is 4. The van der Waals surface area contributed by atoms with E-state index in [1.807, 2.05) is 50.8 Å². The smallest absolute Gasteiger partial charge is 0.246 e. The minimum absolute atomic E-state index is 0.206. The minimum atomic E-state index is -3.65. The maximum Gasteiger partial charge on any atom is 0.246 e. The van der Waals surface area contributed by atoms with Gasteiger partial charge in [0.15, 0.2) is 11.6 Å². The Kier molecular flexibility index (Phi) is 5.91. The van der Waals surface area contributed by atoms with Gasteiger partial charge in [-0.1, -0.05) is 6.07 Å². The van der Waals surface area contributed by atoms with Crippen LogP contribution in [-0.4, -0.2) is 66.0 Å². The summed E-state index contributed by atoms with van der Waals surface area (Å²) in [5, 5.41) is 13.2. The van der Waals surface area contributed by atoms with Crippen molar-refractivity contribution in [3.63, 3.8) is 0 Å². The highest BCUT2D eigenvalue weighted by Crippen LogP contribution is 2.29. The summed E-state index contributed by atoms with van der Waals surface area (Å²) in [7, 11) is -2.16. The molecule has 4 rings (SSSR count). The third-order valence-corrected chi connectivity index (χ3v) is 7.93. The van der Waals surface area contributed by atoms with Gasteiger partial charge in [0.2, 0.25) is 10.0 Å². The zero-order valence-electron chi connectivity index (χ0n) is 19.0. The summed E-state index contributed by atoms with van der Waals surface area (Å²) in [6.45, 7) is 9.66. The molecule has 3 aromatic rings. The number of rotatable bonds is 5. The largest absolute Gasteiger partial charge is 0.495 e. The molecule has 9 nitrogen and oxygen atoms in total. The highest BCUT2D eigenvalue weighted by Gasteiger charge is 2.31. The number of hydrogen-bond acceptors (Lipinski definition) is 7. The Hall–Kier alpha value is -2.98. The van der Waals surface area contributed by atoms with Crippen LogP contribution in [0.5, 0.6) is 5.75 Å². The van der Waals surface area contributed by atoms with E-state index < -0.39 is 10.0 Å². The van der Waals surface area contributed by atoms with E-state index in [-0.39, 0.29) is 4.90 Å². The topological polar surface area (TPSA) is 93.5 Å². The van der Waals surface area contributed by atoms with Gasteiger partial charge in [0.1, 0.15) is 10.6 Å². The molecule has 0 saturated carbocycles. The lowest BCUT2D eigenvalue weighted by Crippen LogP contribution is -2.49. The molecule has 0 radical (unpaired) electrons. The van der Waals surface area contributed by atoms with E-state index in [2.05, 4.69) is 15.3 Å². The van der Waals surface area contributed by atoms with Crippen LogP contribution in [0.1, 0.15) is 22.5 Å². The number of hydrogen-bond donors (Lipinski definition) is 0. The Balaban J connectivity index is 1.48. The van der Waals surface area contributed by atoms with E-state index in [4.69, 9.17) is 4.74 Å². The Morgan fingerprint density at radius 3 is 2.12 bits per heavy atom. The molecular formula is C22H28N6O3S. The number of benzene rings is 1. The van der Waals surface area contributed by atoms with Crippen molar-refractivity contribution in [1.29, 1.82) is 0 Å². The monoisotopic (exact) mass is 456 g/mol. The molecule has 0 aliphatic carbocycles. The van der Waals surface area contributed by atoms with Gasteiger partial charge in [0, 0.05) is 31.9 Å². The van der Waals surface area contributed by atoms with Crippen LogP contribution in [0.25, 0.3) is 5.82 Å². The van der Waals surface area contributed by atoms with E-state index >= 15 is 0 Å². The van der Waals surface area contributed by atoms with Crippen molar-refractivity contribution in [3.8, 4) is 11.6 Å². The van der Waals surface area contributed by atoms with Crippen LogP contribution in [0.3, 0.4) is 0 Å². The number of ether oxygens (including phenoxy) is 1. The Labute approximate surface area is 188 Å². The highest BCUT2D eigenvalue weighted by molar-refractivity contribution is 7.89. The first-order valence-corrected chi connectivity index (χ1v) is 11.9.